The Balaban J connectivity index is 2.58. The Morgan fingerprint density at radius 3 is 2.85 bits per heavy atom. The van der Waals surface area contributed by atoms with E-state index in [-0.39, 0.29) is 12.3 Å². The molecule has 0 amide bonds. The lowest BCUT2D eigenvalue weighted by molar-refractivity contribution is 0.0520. The third-order valence-corrected chi connectivity index (χ3v) is 3.74. The zero-order chi connectivity index (χ0) is 14.7. The Hall–Kier alpha value is -1.16. The molecule has 8 heteroatoms. The molecule has 1 aromatic carbocycles. The van der Waals surface area contributed by atoms with Crippen molar-refractivity contribution >= 4 is 44.5 Å². The van der Waals surface area contributed by atoms with Crippen LogP contribution in [0.5, 0.6) is 5.75 Å². The average Bonchev–Trinajstić information content (AvgIpc) is 2.87. The molecule has 1 heterocycles. The smallest absolute Gasteiger partial charge is 0.361 e. The first-order valence-electron chi connectivity index (χ1n) is 5.69. The number of ether oxygens (including phenoxy) is 2. The molecule has 0 saturated heterocycles. The molecule has 0 spiro atoms. The Morgan fingerprint density at radius 2 is 2.20 bits per heavy atom. The molecule has 0 atom stereocenters. The van der Waals surface area contributed by atoms with Gasteiger partial charge in [-0.2, -0.15) is 10.3 Å². The quantitative estimate of drug-likeness (QED) is 0.571. The Bertz CT molecular complexity index is 645. The van der Waals surface area contributed by atoms with Crippen molar-refractivity contribution in [1.29, 1.82) is 0 Å². The predicted octanol–water partition coefficient (Wildman–Crippen LogP) is 3.02. The van der Waals surface area contributed by atoms with Crippen LogP contribution in [0.25, 0.3) is 11.3 Å². The number of aromatic amines is 1. The van der Waals surface area contributed by atoms with Crippen molar-refractivity contribution in [2.45, 2.75) is 6.92 Å². The van der Waals surface area contributed by atoms with E-state index in [0.29, 0.717) is 17.0 Å². The number of H-pyrrole nitrogens is 1. The third kappa shape index (κ3) is 2.95. The highest BCUT2D eigenvalue weighted by Gasteiger charge is 2.23. The highest BCUT2D eigenvalue weighted by molar-refractivity contribution is 14.1. The third-order valence-electron chi connectivity index (χ3n) is 2.48. The number of nitrogens with zero attached hydrogens (tertiary/aromatic N) is 2. The summed E-state index contributed by atoms with van der Waals surface area (Å²) in [6.07, 6.45) is 0. The van der Waals surface area contributed by atoms with Crippen molar-refractivity contribution in [3.8, 4) is 17.0 Å². The summed E-state index contributed by atoms with van der Waals surface area (Å²) < 4.78 is 12.1. The molecule has 0 aliphatic heterocycles. The summed E-state index contributed by atoms with van der Waals surface area (Å²) in [5.74, 6) is 0.113. The van der Waals surface area contributed by atoms with E-state index in [0.717, 1.165) is 8.04 Å². The Morgan fingerprint density at radius 1 is 1.45 bits per heavy atom. The summed E-state index contributed by atoms with van der Waals surface area (Å²) in [4.78, 5) is 11.9. The molecule has 0 fully saturated rings. The van der Waals surface area contributed by atoms with Gasteiger partial charge in [-0.05, 0) is 41.6 Å². The van der Waals surface area contributed by atoms with E-state index in [1.54, 1.807) is 14.0 Å². The highest BCUT2D eigenvalue weighted by atomic mass is 127. The minimum absolute atomic E-state index is 0.138. The second kappa shape index (κ2) is 6.53. The number of rotatable bonds is 4. The van der Waals surface area contributed by atoms with Crippen molar-refractivity contribution in [2.24, 2.45) is 0 Å². The SMILES string of the molecule is CCOC(=O)c1n[nH]nc1-c1cc(Br)cc(I)c1OC. The molecule has 1 N–H and O–H groups in total. The van der Waals surface area contributed by atoms with Crippen LogP contribution in [0.4, 0.5) is 0 Å². The molecule has 20 heavy (non-hydrogen) atoms. The standard InChI is InChI=1S/C12H11BrIN3O3/c1-3-20-12(18)10-9(15-17-16-10)7-4-6(13)5-8(14)11(7)19-2/h4-5H,3H2,1-2H3,(H,15,16,17). The van der Waals surface area contributed by atoms with Crippen LogP contribution >= 0.6 is 38.5 Å². The van der Waals surface area contributed by atoms with Crippen LogP contribution in [0.15, 0.2) is 16.6 Å². The molecule has 106 valence electrons. The van der Waals surface area contributed by atoms with Gasteiger partial charge in [0, 0.05) is 10.0 Å². The van der Waals surface area contributed by atoms with Crippen LogP contribution in [0.3, 0.4) is 0 Å². The van der Waals surface area contributed by atoms with Crippen molar-refractivity contribution in [3.05, 3.63) is 25.9 Å². The number of esters is 1. The number of carbonyl (C=O) groups excluding carboxylic acids is 1. The number of carbonyl (C=O) groups is 1. The van der Waals surface area contributed by atoms with Gasteiger partial charge >= 0.3 is 5.97 Å². The first kappa shape index (κ1) is 15.2. The van der Waals surface area contributed by atoms with Crippen LogP contribution in [0, 0.1) is 3.57 Å². The molecule has 0 radical (unpaired) electrons. The number of methoxy groups -OCH3 is 1. The van der Waals surface area contributed by atoms with Gasteiger partial charge < -0.3 is 9.47 Å². The molecule has 1 aromatic heterocycles. The predicted molar refractivity (Wildman–Crippen MR) is 84.7 cm³/mol. The molecule has 0 bridgehead atoms. The molecule has 2 aromatic rings. The molecule has 0 aliphatic carbocycles. The minimum atomic E-state index is -0.520. The molecule has 0 unspecified atom stereocenters. The zero-order valence-electron chi connectivity index (χ0n) is 10.7. The van der Waals surface area contributed by atoms with Gasteiger partial charge in [-0.15, -0.1) is 5.10 Å². The highest BCUT2D eigenvalue weighted by Crippen LogP contribution is 2.37. The summed E-state index contributed by atoms with van der Waals surface area (Å²) in [5.41, 5.74) is 1.21. The lowest BCUT2D eigenvalue weighted by atomic mass is 10.1. The van der Waals surface area contributed by atoms with E-state index in [1.165, 1.54) is 0 Å². The van der Waals surface area contributed by atoms with E-state index in [4.69, 9.17) is 9.47 Å². The maximum atomic E-state index is 11.9. The molecule has 6 nitrogen and oxygen atoms in total. The lowest BCUT2D eigenvalue weighted by Crippen LogP contribution is -2.07. The number of hydrogen-bond donors (Lipinski definition) is 1. The summed E-state index contributed by atoms with van der Waals surface area (Å²) in [5, 5.41) is 10.4. The minimum Gasteiger partial charge on any atom is -0.495 e. The van der Waals surface area contributed by atoms with E-state index < -0.39 is 5.97 Å². The maximum Gasteiger partial charge on any atom is 0.361 e. The normalized spacial score (nSPS) is 10.4. The first-order chi connectivity index (χ1) is 9.58. The van der Waals surface area contributed by atoms with E-state index >= 15 is 0 Å². The summed E-state index contributed by atoms with van der Waals surface area (Å²) in [6.45, 7) is 2.01. The van der Waals surface area contributed by atoms with Gasteiger partial charge in [0.05, 0.1) is 17.3 Å². The number of benzene rings is 1. The maximum absolute atomic E-state index is 11.9. The van der Waals surface area contributed by atoms with Gasteiger partial charge in [-0.25, -0.2) is 4.79 Å². The summed E-state index contributed by atoms with van der Waals surface area (Å²) in [7, 11) is 1.57. The fourth-order valence-electron chi connectivity index (χ4n) is 1.70. The number of hydrogen-bond acceptors (Lipinski definition) is 5. The number of halogens is 2. The van der Waals surface area contributed by atoms with Gasteiger partial charge in [0.25, 0.3) is 0 Å². The molecule has 2 rings (SSSR count). The van der Waals surface area contributed by atoms with Gasteiger partial charge in [0.1, 0.15) is 11.4 Å². The lowest BCUT2D eigenvalue weighted by Gasteiger charge is -2.10. The second-order valence-electron chi connectivity index (χ2n) is 3.71. The van der Waals surface area contributed by atoms with Crippen molar-refractivity contribution < 1.29 is 14.3 Å². The number of nitrogens with one attached hydrogen (secondary N) is 1. The van der Waals surface area contributed by atoms with Gasteiger partial charge in [-0.1, -0.05) is 15.9 Å². The van der Waals surface area contributed by atoms with Crippen molar-refractivity contribution in [2.75, 3.05) is 13.7 Å². The zero-order valence-corrected chi connectivity index (χ0v) is 14.5. The van der Waals surface area contributed by atoms with Crippen molar-refractivity contribution in [3.63, 3.8) is 0 Å². The van der Waals surface area contributed by atoms with E-state index in [9.17, 15) is 4.79 Å². The van der Waals surface area contributed by atoms with Gasteiger partial charge in [0.15, 0.2) is 5.69 Å². The first-order valence-corrected chi connectivity index (χ1v) is 7.57. The summed E-state index contributed by atoms with van der Waals surface area (Å²) in [6, 6.07) is 3.73. The fourth-order valence-corrected chi connectivity index (χ4v) is 3.44. The topological polar surface area (TPSA) is 77.1 Å². The molecular formula is C12H11BrIN3O3. The van der Waals surface area contributed by atoms with Crippen LogP contribution in [0.2, 0.25) is 0 Å². The molecule has 0 saturated carbocycles. The largest absolute Gasteiger partial charge is 0.495 e. The van der Waals surface area contributed by atoms with Crippen LogP contribution in [-0.2, 0) is 4.74 Å². The molecule has 0 aliphatic rings. The average molecular weight is 452 g/mol. The van der Waals surface area contributed by atoms with Gasteiger partial charge in [-0.3, -0.25) is 0 Å². The Labute approximate surface area is 137 Å². The number of aromatic nitrogens is 3. The van der Waals surface area contributed by atoms with E-state index in [2.05, 4.69) is 53.9 Å². The van der Waals surface area contributed by atoms with E-state index in [1.807, 2.05) is 12.1 Å². The Kier molecular flexibility index (Phi) is 4.97. The van der Waals surface area contributed by atoms with Crippen molar-refractivity contribution in [1.82, 2.24) is 15.4 Å². The fraction of sp³-hybridized carbons (Fsp3) is 0.250. The monoisotopic (exact) mass is 451 g/mol. The van der Waals surface area contributed by atoms with Crippen LogP contribution in [0.1, 0.15) is 17.4 Å². The second-order valence-corrected chi connectivity index (χ2v) is 5.79. The van der Waals surface area contributed by atoms with Crippen LogP contribution in [-0.4, -0.2) is 35.1 Å². The van der Waals surface area contributed by atoms with Crippen LogP contribution < -0.4 is 4.74 Å². The van der Waals surface area contributed by atoms with Gasteiger partial charge in [0.2, 0.25) is 0 Å². The molecular weight excluding hydrogens is 441 g/mol. The summed E-state index contributed by atoms with van der Waals surface area (Å²) >= 11 is 5.57.